The third-order valence-corrected chi connectivity index (χ3v) is 4.94. The van der Waals surface area contributed by atoms with Crippen molar-refractivity contribution in [3.63, 3.8) is 0 Å². The highest BCUT2D eigenvalue weighted by molar-refractivity contribution is 5.85. The van der Waals surface area contributed by atoms with Crippen LogP contribution in [0.25, 0.3) is 11.3 Å². The van der Waals surface area contributed by atoms with Crippen molar-refractivity contribution in [2.24, 2.45) is 11.8 Å². The van der Waals surface area contributed by atoms with E-state index in [9.17, 15) is 13.2 Å². The Bertz CT molecular complexity index is 744. The van der Waals surface area contributed by atoms with E-state index in [1.807, 2.05) is 0 Å². The molecule has 2 fully saturated rings. The fourth-order valence-electron chi connectivity index (χ4n) is 3.79. The SMILES string of the molecule is Cl.Fc1cc(F)c(F)c(-c2ccc(NC3CC4CNCC4C3)nn2)c1. The lowest BCUT2D eigenvalue weighted by atomic mass is 10.0. The van der Waals surface area contributed by atoms with Crippen LogP contribution in [0.15, 0.2) is 24.3 Å². The zero-order valence-electron chi connectivity index (χ0n) is 13.3. The van der Waals surface area contributed by atoms with Crippen molar-refractivity contribution in [2.45, 2.75) is 18.9 Å². The van der Waals surface area contributed by atoms with Crippen LogP contribution in [0.4, 0.5) is 19.0 Å². The molecule has 1 saturated heterocycles. The standard InChI is InChI=1S/C17H17F3N4.ClH/c18-11-5-13(17(20)14(19)6-11)15-1-2-16(24-23-15)22-12-3-9-7-21-8-10(9)4-12;/h1-2,5-6,9-10,12,21H,3-4,7-8H2,(H,22,24);1H. The minimum atomic E-state index is -1.24. The molecule has 0 spiro atoms. The minimum Gasteiger partial charge on any atom is -0.366 e. The molecule has 8 heteroatoms. The van der Waals surface area contributed by atoms with E-state index in [4.69, 9.17) is 0 Å². The fourth-order valence-corrected chi connectivity index (χ4v) is 3.79. The van der Waals surface area contributed by atoms with E-state index in [2.05, 4.69) is 20.8 Å². The van der Waals surface area contributed by atoms with Crippen LogP contribution < -0.4 is 10.6 Å². The molecule has 1 saturated carbocycles. The summed E-state index contributed by atoms with van der Waals surface area (Å²) in [5, 5.41) is 14.7. The van der Waals surface area contributed by atoms with E-state index in [1.165, 1.54) is 6.07 Å². The van der Waals surface area contributed by atoms with Gasteiger partial charge in [0.05, 0.1) is 5.69 Å². The van der Waals surface area contributed by atoms with Crippen molar-refractivity contribution in [2.75, 3.05) is 18.4 Å². The van der Waals surface area contributed by atoms with Gasteiger partial charge in [-0.3, -0.25) is 0 Å². The molecule has 2 aliphatic rings. The monoisotopic (exact) mass is 370 g/mol. The van der Waals surface area contributed by atoms with Gasteiger partial charge >= 0.3 is 0 Å². The first-order valence-corrected chi connectivity index (χ1v) is 8.06. The number of nitrogens with one attached hydrogen (secondary N) is 2. The molecule has 4 nitrogen and oxygen atoms in total. The average molecular weight is 371 g/mol. The van der Waals surface area contributed by atoms with Crippen LogP contribution in [0.3, 0.4) is 0 Å². The van der Waals surface area contributed by atoms with Crippen molar-refractivity contribution < 1.29 is 13.2 Å². The van der Waals surface area contributed by atoms with Gasteiger partial charge in [0.15, 0.2) is 11.6 Å². The third-order valence-electron chi connectivity index (χ3n) is 4.94. The van der Waals surface area contributed by atoms with Crippen molar-refractivity contribution in [3.05, 3.63) is 41.7 Å². The largest absolute Gasteiger partial charge is 0.366 e. The van der Waals surface area contributed by atoms with Crippen molar-refractivity contribution in [3.8, 4) is 11.3 Å². The van der Waals surface area contributed by atoms with Gasteiger partial charge in [0.2, 0.25) is 0 Å². The minimum absolute atomic E-state index is 0. The van der Waals surface area contributed by atoms with Gasteiger partial charge in [0, 0.05) is 17.7 Å². The molecule has 1 aromatic carbocycles. The molecule has 2 N–H and O–H groups in total. The van der Waals surface area contributed by atoms with Crippen LogP contribution in [0.2, 0.25) is 0 Å². The summed E-state index contributed by atoms with van der Waals surface area (Å²) in [5.74, 6) is -1.20. The number of benzene rings is 1. The Labute approximate surface area is 149 Å². The van der Waals surface area contributed by atoms with Crippen molar-refractivity contribution in [1.29, 1.82) is 0 Å². The molecule has 2 unspecified atom stereocenters. The third kappa shape index (κ3) is 3.57. The van der Waals surface area contributed by atoms with Gasteiger partial charge in [0.25, 0.3) is 0 Å². The second kappa shape index (κ2) is 7.17. The molecule has 1 aromatic heterocycles. The molecule has 2 atom stereocenters. The highest BCUT2D eigenvalue weighted by Crippen LogP contribution is 2.35. The molecular weight excluding hydrogens is 353 g/mol. The van der Waals surface area contributed by atoms with Crippen LogP contribution >= 0.6 is 12.4 Å². The van der Waals surface area contributed by atoms with Gasteiger partial charge in [-0.05, 0) is 56.0 Å². The van der Waals surface area contributed by atoms with E-state index >= 15 is 0 Å². The molecule has 25 heavy (non-hydrogen) atoms. The van der Waals surface area contributed by atoms with Crippen LogP contribution in [-0.4, -0.2) is 29.3 Å². The van der Waals surface area contributed by atoms with Crippen molar-refractivity contribution in [1.82, 2.24) is 15.5 Å². The van der Waals surface area contributed by atoms with Gasteiger partial charge in [-0.15, -0.1) is 22.6 Å². The topological polar surface area (TPSA) is 49.8 Å². The summed E-state index contributed by atoms with van der Waals surface area (Å²) in [4.78, 5) is 0. The molecule has 134 valence electrons. The normalized spacial score (nSPS) is 24.7. The summed E-state index contributed by atoms with van der Waals surface area (Å²) in [5.41, 5.74) is -0.128. The lowest BCUT2D eigenvalue weighted by Gasteiger charge is -2.14. The fraction of sp³-hybridized carbons (Fsp3) is 0.412. The van der Waals surface area contributed by atoms with Crippen LogP contribution in [0, 0.1) is 29.3 Å². The molecule has 4 rings (SSSR count). The number of halogens is 4. The summed E-state index contributed by atoms with van der Waals surface area (Å²) in [6.45, 7) is 2.13. The van der Waals surface area contributed by atoms with Crippen LogP contribution in [-0.2, 0) is 0 Å². The van der Waals surface area contributed by atoms with Gasteiger partial charge < -0.3 is 10.6 Å². The predicted octanol–water partition coefficient (Wildman–Crippen LogP) is 3.39. The Morgan fingerprint density at radius 3 is 2.36 bits per heavy atom. The molecular formula is C17H18ClF3N4. The van der Waals surface area contributed by atoms with E-state index < -0.39 is 17.5 Å². The lowest BCUT2D eigenvalue weighted by Crippen LogP contribution is -2.21. The van der Waals surface area contributed by atoms with Gasteiger partial charge in [0.1, 0.15) is 11.6 Å². The molecule has 1 aliphatic carbocycles. The summed E-state index contributed by atoms with van der Waals surface area (Å²) >= 11 is 0. The number of aromatic nitrogens is 2. The van der Waals surface area contributed by atoms with Crippen molar-refractivity contribution >= 4 is 18.2 Å². The number of rotatable bonds is 3. The van der Waals surface area contributed by atoms with E-state index in [-0.39, 0.29) is 23.7 Å². The Kier molecular flexibility index (Phi) is 5.15. The maximum absolute atomic E-state index is 13.8. The Morgan fingerprint density at radius 1 is 1.00 bits per heavy atom. The maximum Gasteiger partial charge on any atom is 0.168 e. The Balaban J connectivity index is 0.00000182. The van der Waals surface area contributed by atoms with Crippen LogP contribution in [0.5, 0.6) is 0 Å². The molecule has 0 bridgehead atoms. The molecule has 0 amide bonds. The smallest absolute Gasteiger partial charge is 0.168 e. The lowest BCUT2D eigenvalue weighted by molar-refractivity contribution is 0.494. The summed E-state index contributed by atoms with van der Waals surface area (Å²) in [6.07, 6.45) is 2.18. The first-order chi connectivity index (χ1) is 11.6. The molecule has 2 aromatic rings. The second-order valence-electron chi connectivity index (χ2n) is 6.54. The van der Waals surface area contributed by atoms with E-state index in [0.717, 1.165) is 32.0 Å². The van der Waals surface area contributed by atoms with Gasteiger partial charge in [-0.25, -0.2) is 13.2 Å². The van der Waals surface area contributed by atoms with Gasteiger partial charge in [-0.1, -0.05) is 0 Å². The van der Waals surface area contributed by atoms with Crippen LogP contribution in [0.1, 0.15) is 12.8 Å². The number of fused-ring (bicyclic) bond motifs is 1. The van der Waals surface area contributed by atoms with E-state index in [1.54, 1.807) is 6.07 Å². The summed E-state index contributed by atoms with van der Waals surface area (Å²) in [7, 11) is 0. The highest BCUT2D eigenvalue weighted by Gasteiger charge is 2.37. The predicted molar refractivity (Wildman–Crippen MR) is 91.1 cm³/mol. The zero-order valence-corrected chi connectivity index (χ0v) is 14.1. The molecule has 0 radical (unpaired) electrons. The highest BCUT2D eigenvalue weighted by atomic mass is 35.5. The quantitative estimate of drug-likeness (QED) is 0.813. The summed E-state index contributed by atoms with van der Waals surface area (Å²) in [6, 6.07) is 4.96. The first kappa shape index (κ1) is 17.9. The first-order valence-electron chi connectivity index (χ1n) is 8.06. The average Bonchev–Trinajstić information content (AvgIpc) is 3.13. The molecule has 1 aliphatic heterocycles. The number of anilines is 1. The Morgan fingerprint density at radius 2 is 1.72 bits per heavy atom. The second-order valence-corrected chi connectivity index (χ2v) is 6.54. The van der Waals surface area contributed by atoms with E-state index in [0.29, 0.717) is 29.8 Å². The zero-order chi connectivity index (χ0) is 16.7. The Hall–Kier alpha value is -1.86. The number of hydrogen-bond donors (Lipinski definition) is 2. The maximum atomic E-state index is 13.8. The van der Waals surface area contributed by atoms with Gasteiger partial charge in [-0.2, -0.15) is 0 Å². The summed E-state index contributed by atoms with van der Waals surface area (Å²) < 4.78 is 40.4. The molecule has 2 heterocycles. The number of nitrogens with zero attached hydrogens (tertiary/aromatic N) is 2. The number of hydrogen-bond acceptors (Lipinski definition) is 4.